The summed E-state index contributed by atoms with van der Waals surface area (Å²) in [6.45, 7) is 2.73. The van der Waals surface area contributed by atoms with Gasteiger partial charge in [0.05, 0.1) is 17.8 Å². The number of nitrogens with zero attached hydrogens (tertiary/aromatic N) is 4. The van der Waals surface area contributed by atoms with Crippen molar-refractivity contribution in [3.05, 3.63) is 27.2 Å². The molecule has 8 heteroatoms. The Morgan fingerprint density at radius 1 is 1.45 bits per heavy atom. The Bertz CT molecular complexity index is 804. The van der Waals surface area contributed by atoms with E-state index in [4.69, 9.17) is 17.0 Å². The van der Waals surface area contributed by atoms with Crippen molar-refractivity contribution in [2.45, 2.75) is 19.9 Å². The van der Waals surface area contributed by atoms with Crippen LogP contribution in [0.15, 0.2) is 11.7 Å². The Morgan fingerprint density at radius 2 is 2.30 bits per heavy atom. The molecule has 6 nitrogen and oxygen atoms in total. The molecule has 0 amide bonds. The van der Waals surface area contributed by atoms with E-state index in [0.29, 0.717) is 10.7 Å². The van der Waals surface area contributed by atoms with Crippen LogP contribution in [-0.4, -0.2) is 31.6 Å². The van der Waals surface area contributed by atoms with Crippen LogP contribution in [0, 0.1) is 11.7 Å². The maximum absolute atomic E-state index is 5.35. The molecule has 0 spiro atoms. The minimum atomic E-state index is 0.504. The van der Waals surface area contributed by atoms with Crippen LogP contribution >= 0.6 is 23.6 Å². The van der Waals surface area contributed by atoms with Gasteiger partial charge in [-0.2, -0.15) is 4.98 Å². The molecule has 3 rings (SSSR count). The summed E-state index contributed by atoms with van der Waals surface area (Å²) in [5, 5.41) is 3.15. The van der Waals surface area contributed by atoms with Gasteiger partial charge >= 0.3 is 0 Å². The van der Waals surface area contributed by atoms with Crippen molar-refractivity contribution in [2.75, 3.05) is 7.11 Å². The van der Waals surface area contributed by atoms with Crippen LogP contribution in [0.1, 0.15) is 10.7 Å². The second-order valence-corrected chi connectivity index (χ2v) is 5.72. The molecule has 0 fully saturated rings. The molecule has 0 unspecified atom stereocenters. The fraction of sp³-hybridized carbons (Fsp3) is 0.333. The molecule has 1 N–H and O–H groups in total. The highest BCUT2D eigenvalue weighted by Gasteiger charge is 2.11. The summed E-state index contributed by atoms with van der Waals surface area (Å²) in [4.78, 5) is 15.9. The summed E-state index contributed by atoms with van der Waals surface area (Å²) in [7, 11) is 1.58. The van der Waals surface area contributed by atoms with Crippen molar-refractivity contribution in [3.8, 4) is 5.88 Å². The fourth-order valence-corrected chi connectivity index (χ4v) is 2.98. The lowest BCUT2D eigenvalue weighted by Crippen LogP contribution is -2.03. The van der Waals surface area contributed by atoms with Crippen LogP contribution in [-0.2, 0) is 13.0 Å². The lowest BCUT2D eigenvalue weighted by Gasteiger charge is -2.03. The zero-order chi connectivity index (χ0) is 14.1. The summed E-state index contributed by atoms with van der Waals surface area (Å²) in [6.07, 6.45) is 2.30. The maximum atomic E-state index is 5.35. The van der Waals surface area contributed by atoms with Crippen LogP contribution < -0.4 is 4.74 Å². The molecule has 0 atom stereocenters. The third kappa shape index (κ3) is 2.32. The van der Waals surface area contributed by atoms with Crippen molar-refractivity contribution in [1.82, 2.24) is 24.5 Å². The molecule has 0 aromatic carbocycles. The molecule has 104 valence electrons. The van der Waals surface area contributed by atoms with Crippen LogP contribution in [0.3, 0.4) is 0 Å². The molecule has 0 aliphatic heterocycles. The molecule has 0 saturated heterocycles. The molecule has 0 aliphatic rings. The summed E-state index contributed by atoms with van der Waals surface area (Å²) in [5.74, 6) is 0.504. The summed E-state index contributed by atoms with van der Waals surface area (Å²) in [5.41, 5.74) is 2.56. The topological polar surface area (TPSA) is 68.6 Å². The SMILES string of the molecule is COc1ncnc2c1[nH]c(=S)n2CCc1csc(C)n1. The molecule has 0 radical (unpaired) electrons. The van der Waals surface area contributed by atoms with E-state index in [2.05, 4.69) is 25.3 Å². The van der Waals surface area contributed by atoms with Gasteiger partial charge in [0.2, 0.25) is 5.88 Å². The van der Waals surface area contributed by atoms with Gasteiger partial charge in [-0.05, 0) is 19.1 Å². The predicted molar refractivity (Wildman–Crippen MR) is 79.8 cm³/mol. The Morgan fingerprint density at radius 3 is 3.00 bits per heavy atom. The van der Waals surface area contributed by atoms with Gasteiger partial charge in [0, 0.05) is 18.3 Å². The fourth-order valence-electron chi connectivity index (χ4n) is 2.06. The molecule has 3 aromatic rings. The highest BCUT2D eigenvalue weighted by atomic mass is 32.1. The van der Waals surface area contributed by atoms with E-state index < -0.39 is 0 Å². The third-order valence-corrected chi connectivity index (χ3v) is 4.12. The Kier molecular flexibility index (Phi) is 3.49. The van der Waals surface area contributed by atoms with Crippen molar-refractivity contribution >= 4 is 34.7 Å². The zero-order valence-electron chi connectivity index (χ0n) is 11.1. The molecule has 20 heavy (non-hydrogen) atoms. The van der Waals surface area contributed by atoms with Crippen molar-refractivity contribution in [1.29, 1.82) is 0 Å². The van der Waals surface area contributed by atoms with Crippen LogP contribution in [0.4, 0.5) is 0 Å². The van der Waals surface area contributed by atoms with E-state index >= 15 is 0 Å². The second kappa shape index (κ2) is 5.29. The van der Waals surface area contributed by atoms with E-state index in [0.717, 1.165) is 34.8 Å². The van der Waals surface area contributed by atoms with Gasteiger partial charge < -0.3 is 14.3 Å². The number of aromatic nitrogens is 5. The van der Waals surface area contributed by atoms with E-state index in [-0.39, 0.29) is 0 Å². The number of aryl methyl sites for hydroxylation is 3. The summed E-state index contributed by atoms with van der Waals surface area (Å²) >= 11 is 7.00. The first-order chi connectivity index (χ1) is 9.69. The van der Waals surface area contributed by atoms with Crippen molar-refractivity contribution in [2.24, 2.45) is 0 Å². The monoisotopic (exact) mass is 307 g/mol. The quantitative estimate of drug-likeness (QED) is 0.750. The number of fused-ring (bicyclic) bond motifs is 1. The van der Waals surface area contributed by atoms with Gasteiger partial charge in [0.25, 0.3) is 0 Å². The van der Waals surface area contributed by atoms with Crippen LogP contribution in [0.2, 0.25) is 0 Å². The van der Waals surface area contributed by atoms with Gasteiger partial charge in [-0.25, -0.2) is 9.97 Å². The average molecular weight is 307 g/mol. The standard InChI is InChI=1S/C12H13N5OS2/c1-7-15-8(5-20-7)3-4-17-10-9(16-12(17)19)11(18-2)14-6-13-10/h5-6H,3-4H2,1-2H3,(H,16,19). The van der Waals surface area contributed by atoms with Crippen LogP contribution in [0.5, 0.6) is 5.88 Å². The third-order valence-electron chi connectivity index (χ3n) is 2.98. The maximum Gasteiger partial charge on any atom is 0.242 e. The lowest BCUT2D eigenvalue weighted by molar-refractivity contribution is 0.401. The molecule has 3 heterocycles. The number of imidazole rings is 1. The van der Waals surface area contributed by atoms with Gasteiger partial charge in [-0.3, -0.25) is 0 Å². The summed E-state index contributed by atoms with van der Waals surface area (Å²) < 4.78 is 7.77. The Balaban J connectivity index is 1.95. The van der Waals surface area contributed by atoms with Crippen molar-refractivity contribution in [3.63, 3.8) is 0 Å². The van der Waals surface area contributed by atoms with E-state index in [1.165, 1.54) is 6.33 Å². The number of rotatable bonds is 4. The molecular weight excluding hydrogens is 294 g/mol. The number of nitrogens with one attached hydrogen (secondary N) is 1. The number of hydrogen-bond acceptors (Lipinski definition) is 6. The minimum Gasteiger partial charge on any atom is -0.479 e. The first-order valence-electron chi connectivity index (χ1n) is 6.07. The van der Waals surface area contributed by atoms with Crippen molar-refractivity contribution < 1.29 is 4.74 Å². The van der Waals surface area contributed by atoms with E-state index in [9.17, 15) is 0 Å². The zero-order valence-corrected chi connectivity index (χ0v) is 12.7. The molecular formula is C12H13N5OS2. The summed E-state index contributed by atoms with van der Waals surface area (Å²) in [6, 6.07) is 0. The highest BCUT2D eigenvalue weighted by molar-refractivity contribution is 7.71. The smallest absolute Gasteiger partial charge is 0.242 e. The first-order valence-corrected chi connectivity index (χ1v) is 7.36. The molecule has 3 aromatic heterocycles. The average Bonchev–Trinajstić information content (AvgIpc) is 2.99. The van der Waals surface area contributed by atoms with E-state index in [1.54, 1.807) is 18.4 Å². The van der Waals surface area contributed by atoms with Crippen LogP contribution in [0.25, 0.3) is 11.2 Å². The van der Waals surface area contributed by atoms with Gasteiger partial charge in [-0.1, -0.05) is 0 Å². The second-order valence-electron chi connectivity index (χ2n) is 4.27. The van der Waals surface area contributed by atoms with E-state index in [1.807, 2.05) is 11.5 Å². The highest BCUT2D eigenvalue weighted by Crippen LogP contribution is 2.20. The molecule has 0 saturated carbocycles. The largest absolute Gasteiger partial charge is 0.479 e. The normalized spacial score (nSPS) is 11.1. The lowest BCUT2D eigenvalue weighted by atomic mass is 10.3. The predicted octanol–water partition coefficient (Wildman–Crippen LogP) is 2.51. The number of H-pyrrole nitrogens is 1. The van der Waals surface area contributed by atoms with Gasteiger partial charge in [-0.15, -0.1) is 11.3 Å². The molecule has 0 aliphatic carbocycles. The number of thiazole rings is 1. The van der Waals surface area contributed by atoms with Gasteiger partial charge in [0.15, 0.2) is 10.4 Å². The Labute approximate surface area is 124 Å². The number of aromatic amines is 1. The van der Waals surface area contributed by atoms with Gasteiger partial charge in [0.1, 0.15) is 11.8 Å². The number of ether oxygens (including phenoxy) is 1. The number of methoxy groups -OCH3 is 1. The first kappa shape index (κ1) is 13.2. The number of hydrogen-bond donors (Lipinski definition) is 1. The molecule has 0 bridgehead atoms. The Hall–Kier alpha value is -1.80. The minimum absolute atomic E-state index is 0.504.